The standard InChI is InChI=1S/C8H6FNO/c1-3-6-4-10-5-7(9)8(6)11-2/h1,4-5H,2H3. The van der Waals surface area contributed by atoms with E-state index in [0.717, 1.165) is 6.20 Å². The Morgan fingerprint density at radius 1 is 1.64 bits per heavy atom. The number of aromatic nitrogens is 1. The number of hydrogen-bond acceptors (Lipinski definition) is 2. The van der Waals surface area contributed by atoms with Gasteiger partial charge in [-0.1, -0.05) is 5.92 Å². The van der Waals surface area contributed by atoms with Crippen LogP contribution in [-0.4, -0.2) is 12.1 Å². The van der Waals surface area contributed by atoms with Gasteiger partial charge in [0.25, 0.3) is 0 Å². The van der Waals surface area contributed by atoms with Gasteiger partial charge in [-0.25, -0.2) is 4.39 Å². The number of nitrogens with zero attached hydrogens (tertiary/aromatic N) is 1. The van der Waals surface area contributed by atoms with Crippen LogP contribution < -0.4 is 4.74 Å². The summed E-state index contributed by atoms with van der Waals surface area (Å²) in [4.78, 5) is 3.57. The van der Waals surface area contributed by atoms with Crippen LogP contribution in [0.2, 0.25) is 0 Å². The Kier molecular flexibility index (Phi) is 2.07. The average Bonchev–Trinajstić information content (AvgIpc) is 2.04. The van der Waals surface area contributed by atoms with Crippen molar-refractivity contribution in [1.82, 2.24) is 4.98 Å². The first-order valence-corrected chi connectivity index (χ1v) is 2.93. The molecule has 0 aromatic carbocycles. The lowest BCUT2D eigenvalue weighted by Gasteiger charge is -2.01. The van der Waals surface area contributed by atoms with Crippen LogP contribution >= 0.6 is 0 Å². The molecular weight excluding hydrogens is 145 g/mol. The van der Waals surface area contributed by atoms with Crippen molar-refractivity contribution in [3.63, 3.8) is 0 Å². The summed E-state index contributed by atoms with van der Waals surface area (Å²) < 4.78 is 17.5. The van der Waals surface area contributed by atoms with E-state index in [4.69, 9.17) is 11.2 Å². The first kappa shape index (κ1) is 7.55. The van der Waals surface area contributed by atoms with Gasteiger partial charge in [-0.2, -0.15) is 0 Å². The highest BCUT2D eigenvalue weighted by Gasteiger charge is 2.05. The van der Waals surface area contributed by atoms with Gasteiger partial charge in [-0.05, 0) is 0 Å². The van der Waals surface area contributed by atoms with E-state index < -0.39 is 5.82 Å². The van der Waals surface area contributed by atoms with E-state index in [1.54, 1.807) is 0 Å². The third kappa shape index (κ3) is 1.30. The maximum Gasteiger partial charge on any atom is 0.184 e. The Morgan fingerprint density at radius 3 is 2.82 bits per heavy atom. The van der Waals surface area contributed by atoms with Crippen LogP contribution in [0.3, 0.4) is 0 Å². The molecular formula is C8H6FNO. The molecule has 0 saturated carbocycles. The zero-order valence-electron chi connectivity index (χ0n) is 5.97. The zero-order chi connectivity index (χ0) is 8.27. The fourth-order valence-corrected chi connectivity index (χ4v) is 0.733. The molecule has 0 N–H and O–H groups in total. The monoisotopic (exact) mass is 151 g/mol. The van der Waals surface area contributed by atoms with Crippen LogP contribution in [0, 0.1) is 18.2 Å². The average molecular weight is 151 g/mol. The molecule has 0 aliphatic carbocycles. The zero-order valence-corrected chi connectivity index (χ0v) is 5.97. The Hall–Kier alpha value is -1.56. The summed E-state index contributed by atoms with van der Waals surface area (Å²) in [5.41, 5.74) is 0.326. The molecule has 0 atom stereocenters. The molecule has 0 unspecified atom stereocenters. The minimum Gasteiger partial charge on any atom is -0.492 e. The predicted molar refractivity (Wildman–Crippen MR) is 38.7 cm³/mol. The van der Waals surface area contributed by atoms with E-state index in [1.807, 2.05) is 0 Å². The van der Waals surface area contributed by atoms with Crippen LogP contribution in [0.25, 0.3) is 0 Å². The topological polar surface area (TPSA) is 22.1 Å². The number of pyridine rings is 1. The Morgan fingerprint density at radius 2 is 2.36 bits per heavy atom. The largest absolute Gasteiger partial charge is 0.492 e. The van der Waals surface area contributed by atoms with Crippen molar-refractivity contribution in [3.8, 4) is 18.1 Å². The fourth-order valence-electron chi connectivity index (χ4n) is 0.733. The van der Waals surface area contributed by atoms with E-state index in [1.165, 1.54) is 13.3 Å². The normalized spacial score (nSPS) is 8.82. The lowest BCUT2D eigenvalue weighted by atomic mass is 10.2. The van der Waals surface area contributed by atoms with Crippen molar-refractivity contribution in [3.05, 3.63) is 23.8 Å². The number of rotatable bonds is 1. The van der Waals surface area contributed by atoms with Crippen LogP contribution in [0.4, 0.5) is 4.39 Å². The fraction of sp³-hybridized carbons (Fsp3) is 0.125. The number of hydrogen-bond donors (Lipinski definition) is 0. The maximum atomic E-state index is 12.8. The second kappa shape index (κ2) is 3.02. The molecule has 0 saturated heterocycles. The molecule has 0 amide bonds. The third-order valence-electron chi connectivity index (χ3n) is 1.21. The lowest BCUT2D eigenvalue weighted by molar-refractivity contribution is 0.384. The first-order chi connectivity index (χ1) is 5.29. The van der Waals surface area contributed by atoms with Crippen molar-refractivity contribution < 1.29 is 9.13 Å². The van der Waals surface area contributed by atoms with Crippen LogP contribution in [-0.2, 0) is 0 Å². The van der Waals surface area contributed by atoms with E-state index in [9.17, 15) is 4.39 Å². The van der Waals surface area contributed by atoms with Gasteiger partial charge in [0.05, 0.1) is 18.9 Å². The van der Waals surface area contributed by atoms with Crippen molar-refractivity contribution in [2.24, 2.45) is 0 Å². The number of ether oxygens (including phenoxy) is 1. The molecule has 1 heterocycles. The second-order valence-corrected chi connectivity index (χ2v) is 1.85. The molecule has 56 valence electrons. The molecule has 1 rings (SSSR count). The Balaban J connectivity index is 3.27. The predicted octanol–water partition coefficient (Wildman–Crippen LogP) is 1.21. The minimum absolute atomic E-state index is 0.0718. The molecule has 0 aliphatic heterocycles. The van der Waals surface area contributed by atoms with Crippen molar-refractivity contribution in [1.29, 1.82) is 0 Å². The molecule has 0 aliphatic rings. The van der Waals surface area contributed by atoms with Crippen molar-refractivity contribution >= 4 is 0 Å². The smallest absolute Gasteiger partial charge is 0.184 e. The van der Waals surface area contributed by atoms with Crippen LogP contribution in [0.15, 0.2) is 12.4 Å². The lowest BCUT2D eigenvalue weighted by Crippen LogP contribution is -1.92. The Bertz CT molecular complexity index is 303. The first-order valence-electron chi connectivity index (χ1n) is 2.93. The molecule has 1 aromatic rings. The van der Waals surface area contributed by atoms with Crippen LogP contribution in [0.1, 0.15) is 5.56 Å². The third-order valence-corrected chi connectivity index (χ3v) is 1.21. The SMILES string of the molecule is C#Cc1cncc(F)c1OC. The van der Waals surface area contributed by atoms with Crippen molar-refractivity contribution in [2.75, 3.05) is 7.11 Å². The second-order valence-electron chi connectivity index (χ2n) is 1.85. The van der Waals surface area contributed by atoms with E-state index >= 15 is 0 Å². The molecule has 3 heteroatoms. The van der Waals surface area contributed by atoms with E-state index in [0.29, 0.717) is 5.56 Å². The molecule has 11 heavy (non-hydrogen) atoms. The van der Waals surface area contributed by atoms with Gasteiger partial charge >= 0.3 is 0 Å². The molecule has 0 spiro atoms. The van der Waals surface area contributed by atoms with Crippen molar-refractivity contribution in [2.45, 2.75) is 0 Å². The maximum absolute atomic E-state index is 12.8. The molecule has 0 radical (unpaired) electrons. The number of terminal acetylenes is 1. The minimum atomic E-state index is -0.539. The highest BCUT2D eigenvalue weighted by atomic mass is 19.1. The summed E-state index contributed by atoms with van der Waals surface area (Å²) in [6.45, 7) is 0. The summed E-state index contributed by atoms with van der Waals surface area (Å²) >= 11 is 0. The summed E-state index contributed by atoms with van der Waals surface area (Å²) in [7, 11) is 1.36. The molecule has 1 aromatic heterocycles. The van der Waals surface area contributed by atoms with Gasteiger partial charge in [-0.3, -0.25) is 4.98 Å². The van der Waals surface area contributed by atoms with E-state index in [-0.39, 0.29) is 5.75 Å². The summed E-state index contributed by atoms with van der Waals surface area (Å²) in [6.07, 6.45) is 7.49. The molecule has 2 nitrogen and oxygen atoms in total. The molecule has 0 bridgehead atoms. The van der Waals surface area contributed by atoms with Gasteiger partial charge in [0.15, 0.2) is 11.6 Å². The van der Waals surface area contributed by atoms with E-state index in [2.05, 4.69) is 10.9 Å². The summed E-state index contributed by atoms with van der Waals surface area (Å²) in [6, 6.07) is 0. The Labute approximate surface area is 64.0 Å². The number of methoxy groups -OCH3 is 1. The van der Waals surface area contributed by atoms with Gasteiger partial charge in [-0.15, -0.1) is 6.42 Å². The van der Waals surface area contributed by atoms with Gasteiger partial charge in [0.1, 0.15) is 0 Å². The molecule has 0 fully saturated rings. The van der Waals surface area contributed by atoms with Gasteiger partial charge < -0.3 is 4.74 Å². The number of halogens is 1. The quantitative estimate of drug-likeness (QED) is 0.563. The highest BCUT2D eigenvalue weighted by Crippen LogP contribution is 2.19. The summed E-state index contributed by atoms with van der Waals surface area (Å²) in [5, 5.41) is 0. The van der Waals surface area contributed by atoms with Gasteiger partial charge in [0.2, 0.25) is 0 Å². The van der Waals surface area contributed by atoms with Gasteiger partial charge in [0, 0.05) is 6.20 Å². The summed E-state index contributed by atoms with van der Waals surface area (Å²) in [5.74, 6) is 1.79. The highest BCUT2D eigenvalue weighted by molar-refractivity contribution is 5.43. The van der Waals surface area contributed by atoms with Crippen LogP contribution in [0.5, 0.6) is 5.75 Å².